The second kappa shape index (κ2) is 9.34. The maximum absolute atomic E-state index is 13.2. The Morgan fingerprint density at radius 1 is 1.11 bits per heavy atom. The molecule has 2 heterocycles. The molecule has 0 saturated heterocycles. The number of halogens is 1. The van der Waals surface area contributed by atoms with E-state index in [-0.39, 0.29) is 24.0 Å². The van der Waals surface area contributed by atoms with E-state index in [2.05, 4.69) is 26.0 Å². The highest BCUT2D eigenvalue weighted by molar-refractivity contribution is 9.10. The Labute approximate surface area is 208 Å². The summed E-state index contributed by atoms with van der Waals surface area (Å²) in [6.45, 7) is 4.00. The summed E-state index contributed by atoms with van der Waals surface area (Å²) in [7, 11) is 0. The van der Waals surface area contributed by atoms with Crippen LogP contribution in [0.5, 0.6) is 17.2 Å². The van der Waals surface area contributed by atoms with Crippen LogP contribution >= 0.6 is 15.9 Å². The first-order valence-electron chi connectivity index (χ1n) is 10.9. The van der Waals surface area contributed by atoms with Gasteiger partial charge in [0.15, 0.2) is 11.5 Å². The minimum absolute atomic E-state index is 0.0460. The van der Waals surface area contributed by atoms with Gasteiger partial charge in [0, 0.05) is 16.0 Å². The van der Waals surface area contributed by atoms with Gasteiger partial charge in [-0.15, -0.1) is 0 Å². The van der Waals surface area contributed by atoms with Crippen LogP contribution in [0.3, 0.4) is 0 Å². The lowest BCUT2D eigenvalue weighted by molar-refractivity contribution is 0.0734. The summed E-state index contributed by atoms with van der Waals surface area (Å²) in [5.41, 5.74) is 1.17. The van der Waals surface area contributed by atoms with Gasteiger partial charge in [-0.25, -0.2) is 9.78 Å². The topological polar surface area (TPSA) is 92.0 Å². The number of aromatic nitrogens is 2. The van der Waals surface area contributed by atoms with Crippen LogP contribution in [-0.4, -0.2) is 28.6 Å². The fraction of sp³-hybridized carbons (Fsp3) is 0.154. The van der Waals surface area contributed by atoms with E-state index in [1.54, 1.807) is 54.6 Å². The van der Waals surface area contributed by atoms with Gasteiger partial charge in [0.05, 0.1) is 22.7 Å². The molecule has 0 radical (unpaired) electrons. The predicted octanol–water partition coefficient (Wildman–Crippen LogP) is 5.11. The summed E-state index contributed by atoms with van der Waals surface area (Å²) >= 11 is 3.44. The molecule has 35 heavy (non-hydrogen) atoms. The SMILES string of the molecule is CC(C)c1nc2ccccc2c(=O)n1N=Cc1cc(Br)ccc1OC(=O)c1ccc2c(c1)OCO2. The summed E-state index contributed by atoms with van der Waals surface area (Å²) < 4.78 is 18.3. The zero-order valence-corrected chi connectivity index (χ0v) is 20.5. The number of carbonyl (C=O) groups is 1. The van der Waals surface area contributed by atoms with Crippen molar-refractivity contribution in [1.82, 2.24) is 9.66 Å². The minimum atomic E-state index is -0.562. The normalized spacial score (nSPS) is 12.6. The van der Waals surface area contributed by atoms with Gasteiger partial charge in [0.2, 0.25) is 6.79 Å². The number of nitrogens with zero attached hydrogens (tertiary/aromatic N) is 3. The van der Waals surface area contributed by atoms with Crippen molar-refractivity contribution in [2.45, 2.75) is 19.8 Å². The Hall–Kier alpha value is -3.98. The molecule has 0 N–H and O–H groups in total. The fourth-order valence-corrected chi connectivity index (χ4v) is 4.02. The van der Waals surface area contributed by atoms with Crippen molar-refractivity contribution in [3.8, 4) is 17.2 Å². The van der Waals surface area contributed by atoms with Crippen molar-refractivity contribution < 1.29 is 19.0 Å². The third-order valence-electron chi connectivity index (χ3n) is 5.39. The number of benzene rings is 3. The van der Waals surface area contributed by atoms with Crippen LogP contribution in [0.25, 0.3) is 10.9 Å². The smallest absolute Gasteiger partial charge is 0.343 e. The molecule has 0 unspecified atom stereocenters. The second-order valence-electron chi connectivity index (χ2n) is 8.14. The highest BCUT2D eigenvalue weighted by atomic mass is 79.9. The fourth-order valence-electron chi connectivity index (χ4n) is 3.64. The van der Waals surface area contributed by atoms with E-state index in [4.69, 9.17) is 14.2 Å². The summed E-state index contributed by atoms with van der Waals surface area (Å²) in [5, 5.41) is 4.91. The van der Waals surface area contributed by atoms with Gasteiger partial charge in [-0.1, -0.05) is 41.9 Å². The van der Waals surface area contributed by atoms with Gasteiger partial charge >= 0.3 is 5.97 Å². The number of hydrogen-bond acceptors (Lipinski definition) is 7. The van der Waals surface area contributed by atoms with Crippen LogP contribution in [0, 0.1) is 0 Å². The molecule has 0 spiro atoms. The molecule has 1 aromatic heterocycles. The van der Waals surface area contributed by atoms with E-state index >= 15 is 0 Å². The quantitative estimate of drug-likeness (QED) is 0.201. The largest absolute Gasteiger partial charge is 0.454 e. The lowest BCUT2D eigenvalue weighted by atomic mass is 10.2. The standard InChI is InChI=1S/C26H20BrN3O5/c1-15(2)24-29-20-6-4-3-5-19(20)25(31)30(24)28-13-17-11-18(27)8-10-21(17)35-26(32)16-7-9-22-23(12-16)34-14-33-22/h3-13,15H,14H2,1-2H3. The summed E-state index contributed by atoms with van der Waals surface area (Å²) in [6.07, 6.45) is 1.48. The van der Waals surface area contributed by atoms with Crippen LogP contribution in [0.2, 0.25) is 0 Å². The molecule has 0 aliphatic carbocycles. The summed E-state index contributed by atoms with van der Waals surface area (Å²) in [5.74, 6) is 1.27. The number of fused-ring (bicyclic) bond motifs is 2. The molecule has 0 amide bonds. The van der Waals surface area contributed by atoms with E-state index < -0.39 is 5.97 Å². The first kappa shape index (κ1) is 22.8. The maximum atomic E-state index is 13.2. The van der Waals surface area contributed by atoms with E-state index in [9.17, 15) is 9.59 Å². The Bertz CT molecular complexity index is 1540. The van der Waals surface area contributed by atoms with Crippen molar-refractivity contribution in [3.63, 3.8) is 0 Å². The monoisotopic (exact) mass is 533 g/mol. The molecule has 176 valence electrons. The van der Waals surface area contributed by atoms with Crippen molar-refractivity contribution in [2.24, 2.45) is 5.10 Å². The molecule has 9 heteroatoms. The maximum Gasteiger partial charge on any atom is 0.343 e. The summed E-state index contributed by atoms with van der Waals surface area (Å²) in [4.78, 5) is 30.6. The first-order chi connectivity index (χ1) is 16.9. The molecule has 1 aliphatic heterocycles. The van der Waals surface area contributed by atoms with Gasteiger partial charge in [-0.2, -0.15) is 9.78 Å². The van der Waals surface area contributed by atoms with Gasteiger partial charge in [-0.05, 0) is 48.5 Å². The van der Waals surface area contributed by atoms with Crippen LogP contribution in [-0.2, 0) is 0 Å². The minimum Gasteiger partial charge on any atom is -0.454 e. The molecule has 0 fully saturated rings. The Morgan fingerprint density at radius 3 is 2.74 bits per heavy atom. The average Bonchev–Trinajstić information content (AvgIpc) is 3.32. The second-order valence-corrected chi connectivity index (χ2v) is 9.06. The van der Waals surface area contributed by atoms with E-state index in [1.807, 2.05) is 19.9 Å². The Balaban J connectivity index is 1.50. The molecule has 4 aromatic rings. The highest BCUT2D eigenvalue weighted by Gasteiger charge is 2.19. The third kappa shape index (κ3) is 4.54. The van der Waals surface area contributed by atoms with E-state index in [1.165, 1.54) is 10.9 Å². The molecule has 5 rings (SSSR count). The zero-order chi connectivity index (χ0) is 24.5. The van der Waals surface area contributed by atoms with Crippen molar-refractivity contribution in [3.05, 3.63) is 92.4 Å². The highest BCUT2D eigenvalue weighted by Crippen LogP contribution is 2.33. The number of rotatable bonds is 5. The van der Waals surface area contributed by atoms with E-state index in [0.717, 1.165) is 4.47 Å². The number of carbonyl (C=O) groups excluding carboxylic acids is 1. The number of esters is 1. The Kier molecular flexibility index (Phi) is 6.08. The summed E-state index contributed by atoms with van der Waals surface area (Å²) in [6, 6.07) is 17.2. The van der Waals surface area contributed by atoms with Gasteiger partial charge in [-0.3, -0.25) is 4.79 Å². The van der Waals surface area contributed by atoms with Crippen molar-refractivity contribution >= 4 is 39.0 Å². The number of hydrogen-bond donors (Lipinski definition) is 0. The molecule has 3 aromatic carbocycles. The number of ether oxygens (including phenoxy) is 3. The predicted molar refractivity (Wildman–Crippen MR) is 135 cm³/mol. The molecular formula is C26H20BrN3O5. The molecule has 8 nitrogen and oxygen atoms in total. The van der Waals surface area contributed by atoms with Crippen LogP contribution < -0.4 is 19.8 Å². The average molecular weight is 534 g/mol. The third-order valence-corrected chi connectivity index (χ3v) is 5.88. The van der Waals surface area contributed by atoms with Crippen molar-refractivity contribution in [2.75, 3.05) is 6.79 Å². The van der Waals surface area contributed by atoms with Crippen LogP contribution in [0.4, 0.5) is 0 Å². The molecule has 0 bridgehead atoms. The lowest BCUT2D eigenvalue weighted by Gasteiger charge is -2.12. The van der Waals surface area contributed by atoms with Crippen LogP contribution in [0.15, 0.2) is 75.0 Å². The Morgan fingerprint density at radius 2 is 1.91 bits per heavy atom. The van der Waals surface area contributed by atoms with Gasteiger partial charge < -0.3 is 14.2 Å². The number of para-hydroxylation sites is 1. The van der Waals surface area contributed by atoms with Gasteiger partial charge in [0.25, 0.3) is 5.56 Å². The van der Waals surface area contributed by atoms with Crippen molar-refractivity contribution in [1.29, 1.82) is 0 Å². The first-order valence-corrected chi connectivity index (χ1v) is 11.7. The zero-order valence-electron chi connectivity index (χ0n) is 18.9. The van der Waals surface area contributed by atoms with E-state index in [0.29, 0.717) is 39.4 Å². The molecule has 1 aliphatic rings. The molecule has 0 saturated carbocycles. The van der Waals surface area contributed by atoms with Crippen LogP contribution in [0.1, 0.15) is 41.5 Å². The molecule has 0 atom stereocenters. The molecular weight excluding hydrogens is 514 g/mol. The lowest BCUT2D eigenvalue weighted by Crippen LogP contribution is -2.23. The van der Waals surface area contributed by atoms with Gasteiger partial charge in [0.1, 0.15) is 11.6 Å².